The van der Waals surface area contributed by atoms with E-state index in [1.54, 1.807) is 35.4 Å². The molecule has 172 valence electrons. The Hall–Kier alpha value is -3.68. The summed E-state index contributed by atoms with van der Waals surface area (Å²) in [6, 6.07) is 9.68. The van der Waals surface area contributed by atoms with Crippen molar-refractivity contribution in [3.63, 3.8) is 0 Å². The Morgan fingerprint density at radius 3 is 2.52 bits per heavy atom. The highest BCUT2D eigenvalue weighted by Gasteiger charge is 2.24. The fourth-order valence-corrected chi connectivity index (χ4v) is 3.68. The number of benzene rings is 1. The quantitative estimate of drug-likeness (QED) is 0.585. The summed E-state index contributed by atoms with van der Waals surface area (Å²) < 4.78 is 25.9. The molecule has 1 aliphatic heterocycles. The second kappa shape index (κ2) is 8.69. The molecule has 0 aliphatic carbocycles. The van der Waals surface area contributed by atoms with Crippen LogP contribution in [-0.2, 0) is 4.74 Å². The van der Waals surface area contributed by atoms with E-state index in [2.05, 4.69) is 4.98 Å². The number of nitrogens with zero attached hydrogens (tertiary/aromatic N) is 3. The molecule has 7 nitrogen and oxygen atoms in total. The molecule has 3 aromatic rings. The van der Waals surface area contributed by atoms with Crippen LogP contribution < -0.4 is 10.3 Å². The molecule has 0 fully saturated rings. The molecule has 0 unspecified atom stereocenters. The lowest BCUT2D eigenvalue weighted by molar-refractivity contribution is 0.0270. The molecule has 0 saturated heterocycles. The zero-order chi connectivity index (χ0) is 23.8. The minimum Gasteiger partial charge on any atom is -0.494 e. The highest BCUT2D eigenvalue weighted by atomic mass is 19.1. The molecule has 0 spiro atoms. The molecule has 1 aromatic carbocycles. The van der Waals surface area contributed by atoms with Crippen molar-refractivity contribution in [2.45, 2.75) is 32.8 Å². The molecule has 33 heavy (non-hydrogen) atoms. The first-order chi connectivity index (χ1) is 15.6. The predicted molar refractivity (Wildman–Crippen MR) is 124 cm³/mol. The second-order valence-electron chi connectivity index (χ2n) is 8.88. The van der Waals surface area contributed by atoms with Crippen LogP contribution in [0.1, 0.15) is 32.9 Å². The Morgan fingerprint density at radius 1 is 1.12 bits per heavy atom. The zero-order valence-corrected chi connectivity index (χ0v) is 19.1. The van der Waals surface area contributed by atoms with Gasteiger partial charge in [-0.2, -0.15) is 0 Å². The highest BCUT2D eigenvalue weighted by Crippen LogP contribution is 2.26. The van der Waals surface area contributed by atoms with Crippen LogP contribution in [0.25, 0.3) is 22.3 Å². The molecule has 4 rings (SSSR count). The van der Waals surface area contributed by atoms with Gasteiger partial charge < -0.3 is 14.4 Å². The van der Waals surface area contributed by atoms with E-state index < -0.39 is 11.4 Å². The van der Waals surface area contributed by atoms with Gasteiger partial charge in [0.05, 0.1) is 12.8 Å². The molecular weight excluding hydrogens is 425 g/mol. The van der Waals surface area contributed by atoms with Crippen molar-refractivity contribution in [3.05, 3.63) is 70.5 Å². The maximum absolute atomic E-state index is 14.1. The molecule has 1 aliphatic rings. The normalized spacial score (nSPS) is 14.2. The lowest BCUT2D eigenvalue weighted by Crippen LogP contribution is -2.39. The monoisotopic (exact) mass is 451 g/mol. The van der Waals surface area contributed by atoms with Gasteiger partial charge >= 0.3 is 6.09 Å². The number of rotatable bonds is 3. The van der Waals surface area contributed by atoms with E-state index in [9.17, 15) is 14.0 Å². The van der Waals surface area contributed by atoms with Crippen LogP contribution in [-0.4, -0.2) is 46.2 Å². The number of methoxy groups -OCH3 is 1. The van der Waals surface area contributed by atoms with Gasteiger partial charge in [-0.3, -0.25) is 9.20 Å². The van der Waals surface area contributed by atoms with Crippen molar-refractivity contribution in [1.29, 1.82) is 0 Å². The average molecular weight is 451 g/mol. The number of halogens is 1. The van der Waals surface area contributed by atoms with Gasteiger partial charge in [-0.1, -0.05) is 12.1 Å². The largest absolute Gasteiger partial charge is 0.494 e. The van der Waals surface area contributed by atoms with Crippen LogP contribution in [0.2, 0.25) is 0 Å². The Labute approximate surface area is 191 Å². The number of ether oxygens (including phenoxy) is 2. The van der Waals surface area contributed by atoms with Crippen LogP contribution in [0.3, 0.4) is 0 Å². The summed E-state index contributed by atoms with van der Waals surface area (Å²) in [5, 5.41) is 0. The molecule has 8 heteroatoms. The van der Waals surface area contributed by atoms with E-state index in [1.807, 2.05) is 26.8 Å². The maximum atomic E-state index is 14.1. The zero-order valence-electron chi connectivity index (χ0n) is 19.1. The Balaban J connectivity index is 1.59. The fourth-order valence-electron chi connectivity index (χ4n) is 3.68. The van der Waals surface area contributed by atoms with Gasteiger partial charge in [-0.15, -0.1) is 0 Å². The minimum atomic E-state index is -0.550. The first-order valence-corrected chi connectivity index (χ1v) is 10.7. The van der Waals surface area contributed by atoms with Gasteiger partial charge in [0.2, 0.25) is 0 Å². The van der Waals surface area contributed by atoms with Gasteiger partial charge in [0.1, 0.15) is 11.2 Å². The second-order valence-corrected chi connectivity index (χ2v) is 8.88. The van der Waals surface area contributed by atoms with Crippen molar-refractivity contribution in [3.8, 4) is 16.9 Å². The molecule has 0 atom stereocenters. The van der Waals surface area contributed by atoms with Crippen molar-refractivity contribution in [2.75, 3.05) is 20.2 Å². The van der Waals surface area contributed by atoms with Crippen LogP contribution in [0.15, 0.2) is 53.5 Å². The Kier molecular flexibility index (Phi) is 5.93. The SMILES string of the molecule is COc1ccc(-c2ccc3nc(C4=CCN(C(=O)OC(C)(C)C)CC4)cc(=O)n3c2)cc1F. The topological polar surface area (TPSA) is 73.1 Å². The molecule has 0 bridgehead atoms. The van der Waals surface area contributed by atoms with Gasteiger partial charge in [0, 0.05) is 25.4 Å². The summed E-state index contributed by atoms with van der Waals surface area (Å²) in [6.07, 6.45) is 3.77. The molecule has 0 saturated carbocycles. The first kappa shape index (κ1) is 22.5. The number of carbonyl (C=O) groups is 1. The molecule has 0 radical (unpaired) electrons. The smallest absolute Gasteiger partial charge is 0.410 e. The predicted octanol–water partition coefficient (Wildman–Crippen LogP) is 4.53. The van der Waals surface area contributed by atoms with Crippen molar-refractivity contribution < 1.29 is 18.7 Å². The summed E-state index contributed by atoms with van der Waals surface area (Å²) in [4.78, 5) is 31.4. The third-order valence-corrected chi connectivity index (χ3v) is 5.33. The maximum Gasteiger partial charge on any atom is 0.410 e. The van der Waals surface area contributed by atoms with Gasteiger partial charge in [0.25, 0.3) is 5.56 Å². The van der Waals surface area contributed by atoms with E-state index in [0.29, 0.717) is 42.0 Å². The van der Waals surface area contributed by atoms with Crippen molar-refractivity contribution in [1.82, 2.24) is 14.3 Å². The van der Waals surface area contributed by atoms with Crippen LogP contribution in [0, 0.1) is 5.82 Å². The number of hydrogen-bond acceptors (Lipinski definition) is 5. The number of hydrogen-bond donors (Lipinski definition) is 0. The third kappa shape index (κ3) is 4.89. The van der Waals surface area contributed by atoms with Crippen molar-refractivity contribution >= 4 is 17.3 Å². The summed E-state index contributed by atoms with van der Waals surface area (Å²) in [7, 11) is 1.41. The van der Waals surface area contributed by atoms with E-state index in [-0.39, 0.29) is 17.4 Å². The summed E-state index contributed by atoms with van der Waals surface area (Å²) in [5.41, 5.74) is 2.52. The molecule has 2 aromatic heterocycles. The number of amides is 1. The summed E-state index contributed by atoms with van der Waals surface area (Å²) >= 11 is 0. The number of pyridine rings is 1. The Morgan fingerprint density at radius 2 is 1.88 bits per heavy atom. The van der Waals surface area contributed by atoms with E-state index in [0.717, 1.165) is 5.57 Å². The minimum absolute atomic E-state index is 0.161. The lowest BCUT2D eigenvalue weighted by Gasteiger charge is -2.29. The first-order valence-electron chi connectivity index (χ1n) is 10.7. The van der Waals surface area contributed by atoms with Gasteiger partial charge in [0.15, 0.2) is 11.6 Å². The van der Waals surface area contributed by atoms with Crippen LogP contribution >= 0.6 is 0 Å². The molecular formula is C25H26FN3O4. The molecule has 1 amide bonds. The molecule has 0 N–H and O–H groups in total. The van der Waals surface area contributed by atoms with Crippen LogP contribution in [0.4, 0.5) is 9.18 Å². The van der Waals surface area contributed by atoms with Crippen LogP contribution in [0.5, 0.6) is 5.75 Å². The summed E-state index contributed by atoms with van der Waals surface area (Å²) in [6.45, 7) is 6.38. The third-order valence-electron chi connectivity index (χ3n) is 5.33. The van der Waals surface area contributed by atoms with E-state index in [1.165, 1.54) is 23.6 Å². The lowest BCUT2D eigenvalue weighted by atomic mass is 10.0. The molecule has 3 heterocycles. The average Bonchev–Trinajstić information content (AvgIpc) is 2.77. The highest BCUT2D eigenvalue weighted by molar-refractivity contribution is 5.72. The van der Waals surface area contributed by atoms with Gasteiger partial charge in [-0.25, -0.2) is 14.2 Å². The number of aromatic nitrogens is 2. The number of fused-ring (bicyclic) bond motifs is 1. The number of carbonyl (C=O) groups excluding carboxylic acids is 1. The Bertz CT molecular complexity index is 1310. The van der Waals surface area contributed by atoms with E-state index in [4.69, 9.17) is 9.47 Å². The fraction of sp³-hybridized carbons (Fsp3) is 0.320. The summed E-state index contributed by atoms with van der Waals surface area (Å²) in [5.74, 6) is -0.311. The van der Waals surface area contributed by atoms with Crippen molar-refractivity contribution in [2.24, 2.45) is 0 Å². The standard InChI is InChI=1S/C25H26FN3O4/c1-25(2,3)33-24(31)28-11-9-16(10-12-28)20-14-23(30)29-15-18(6-8-22(29)27-20)17-5-7-21(32-4)19(26)13-17/h5-9,13-15H,10-12H2,1-4H3. The van der Waals surface area contributed by atoms with E-state index >= 15 is 0 Å². The van der Waals surface area contributed by atoms with Gasteiger partial charge in [-0.05, 0) is 68.2 Å².